The summed E-state index contributed by atoms with van der Waals surface area (Å²) in [5, 5.41) is 19.2. The van der Waals surface area contributed by atoms with E-state index in [1.54, 1.807) is 18.2 Å². The largest absolute Gasteiger partial charge is 0.453 e. The summed E-state index contributed by atoms with van der Waals surface area (Å²) in [7, 11) is 0. The van der Waals surface area contributed by atoms with Crippen LogP contribution in [0, 0.1) is 11.3 Å². The highest BCUT2D eigenvalue weighted by Gasteiger charge is 2.19. The second-order valence-corrected chi connectivity index (χ2v) is 6.62. The molecule has 3 aromatic rings. The molecule has 0 radical (unpaired) electrons. The first-order chi connectivity index (χ1) is 13.5. The van der Waals surface area contributed by atoms with Crippen molar-refractivity contribution < 1.29 is 18.8 Å². The molecule has 0 spiro atoms. The molecular weight excluding hydrogens is 380 g/mol. The summed E-state index contributed by atoms with van der Waals surface area (Å²) >= 11 is 1.52. The minimum atomic E-state index is -0.984. The predicted octanol–water partition coefficient (Wildman–Crippen LogP) is 3.17. The van der Waals surface area contributed by atoms with E-state index in [0.717, 1.165) is 5.56 Å². The molecular formula is C19H16N4O4S. The fourth-order valence-corrected chi connectivity index (χ4v) is 2.93. The van der Waals surface area contributed by atoms with Crippen LogP contribution in [0.1, 0.15) is 24.8 Å². The molecule has 2 aromatic heterocycles. The molecule has 1 amide bonds. The van der Waals surface area contributed by atoms with E-state index in [9.17, 15) is 9.59 Å². The number of carbonyl (C=O) groups is 2. The molecule has 0 saturated carbocycles. The number of hydrogen-bond donors (Lipinski definition) is 1. The molecule has 0 aliphatic heterocycles. The fourth-order valence-electron chi connectivity index (χ4n) is 2.29. The number of thiophene rings is 1. The van der Waals surface area contributed by atoms with E-state index in [4.69, 9.17) is 14.5 Å². The van der Waals surface area contributed by atoms with Gasteiger partial charge in [-0.25, -0.2) is 0 Å². The van der Waals surface area contributed by atoms with Gasteiger partial charge >= 0.3 is 5.97 Å². The van der Waals surface area contributed by atoms with Crippen LogP contribution in [-0.2, 0) is 20.7 Å². The molecule has 0 unspecified atom stereocenters. The topological polar surface area (TPSA) is 118 Å². The highest BCUT2D eigenvalue weighted by atomic mass is 32.1. The lowest BCUT2D eigenvalue weighted by molar-refractivity contribution is -0.153. The quantitative estimate of drug-likeness (QED) is 0.609. The molecule has 3 rings (SSSR count). The van der Waals surface area contributed by atoms with Crippen LogP contribution in [0.5, 0.6) is 0 Å². The van der Waals surface area contributed by atoms with Crippen LogP contribution in [0.4, 0.5) is 5.69 Å². The Balaban J connectivity index is 1.47. The molecule has 0 fully saturated rings. The number of esters is 1. The number of nitrogens with one attached hydrogen (secondary N) is 1. The van der Waals surface area contributed by atoms with E-state index < -0.39 is 18.0 Å². The standard InChI is InChI=1S/C19H16N4O4S/c1-12(19(25)21-15-4-2-3-13(9-15)10-20)26-17(24)6-5-16-22-18(23-27-16)14-7-8-28-11-14/h2-4,7-9,11-12H,5-6H2,1H3,(H,21,25)/t12-/m0/s1. The van der Waals surface area contributed by atoms with Gasteiger partial charge < -0.3 is 14.6 Å². The molecule has 1 N–H and O–H groups in total. The first-order valence-corrected chi connectivity index (χ1v) is 9.35. The zero-order valence-electron chi connectivity index (χ0n) is 14.9. The van der Waals surface area contributed by atoms with Crippen LogP contribution in [0.15, 0.2) is 45.6 Å². The monoisotopic (exact) mass is 396 g/mol. The van der Waals surface area contributed by atoms with Crippen LogP contribution in [-0.4, -0.2) is 28.1 Å². The zero-order chi connectivity index (χ0) is 19.9. The lowest BCUT2D eigenvalue weighted by atomic mass is 10.2. The van der Waals surface area contributed by atoms with Gasteiger partial charge in [-0.1, -0.05) is 11.2 Å². The minimum absolute atomic E-state index is 0.00675. The number of nitriles is 1. The van der Waals surface area contributed by atoms with Crippen molar-refractivity contribution in [2.45, 2.75) is 25.9 Å². The number of hydrogen-bond acceptors (Lipinski definition) is 8. The van der Waals surface area contributed by atoms with Crippen LogP contribution >= 0.6 is 11.3 Å². The number of aromatic nitrogens is 2. The second-order valence-electron chi connectivity index (χ2n) is 5.84. The van der Waals surface area contributed by atoms with Gasteiger partial charge in [0.05, 0.1) is 18.1 Å². The third-order valence-corrected chi connectivity index (χ3v) is 4.41. The Kier molecular flexibility index (Phi) is 6.14. The zero-order valence-corrected chi connectivity index (χ0v) is 15.7. The van der Waals surface area contributed by atoms with Gasteiger partial charge in [-0.2, -0.15) is 21.6 Å². The molecule has 1 atom stereocenters. The molecule has 0 saturated heterocycles. The maximum Gasteiger partial charge on any atom is 0.307 e. The number of amides is 1. The Bertz CT molecular complexity index is 1010. The number of ether oxygens (including phenoxy) is 1. The first-order valence-electron chi connectivity index (χ1n) is 8.41. The van der Waals surface area contributed by atoms with E-state index in [2.05, 4.69) is 15.5 Å². The first kappa shape index (κ1) is 19.3. The normalized spacial score (nSPS) is 11.4. The van der Waals surface area contributed by atoms with Gasteiger partial charge in [0.1, 0.15) is 0 Å². The molecule has 8 nitrogen and oxygen atoms in total. The molecule has 0 bridgehead atoms. The average Bonchev–Trinajstić information content (AvgIpc) is 3.38. The number of aryl methyl sites for hydroxylation is 1. The van der Waals surface area contributed by atoms with Crippen LogP contribution in [0.3, 0.4) is 0 Å². The summed E-state index contributed by atoms with van der Waals surface area (Å²) in [6.07, 6.45) is -0.760. The van der Waals surface area contributed by atoms with Gasteiger partial charge in [0.25, 0.3) is 5.91 Å². The van der Waals surface area contributed by atoms with Gasteiger partial charge in [-0.05, 0) is 36.6 Å². The highest BCUT2D eigenvalue weighted by Crippen LogP contribution is 2.19. The Labute approximate surface area is 164 Å². The van der Waals surface area contributed by atoms with Crippen molar-refractivity contribution in [3.05, 3.63) is 52.5 Å². The van der Waals surface area contributed by atoms with Crippen molar-refractivity contribution in [2.24, 2.45) is 0 Å². The van der Waals surface area contributed by atoms with Crippen molar-refractivity contribution in [1.29, 1.82) is 5.26 Å². The summed E-state index contributed by atoms with van der Waals surface area (Å²) < 4.78 is 10.3. The summed E-state index contributed by atoms with van der Waals surface area (Å²) in [5.41, 5.74) is 1.73. The van der Waals surface area contributed by atoms with E-state index >= 15 is 0 Å². The molecule has 0 aliphatic carbocycles. The lowest BCUT2D eigenvalue weighted by Crippen LogP contribution is -2.30. The van der Waals surface area contributed by atoms with E-state index in [1.165, 1.54) is 24.3 Å². The summed E-state index contributed by atoms with van der Waals surface area (Å²) in [4.78, 5) is 28.4. The van der Waals surface area contributed by atoms with Crippen LogP contribution in [0.25, 0.3) is 11.4 Å². The smallest absolute Gasteiger partial charge is 0.307 e. The van der Waals surface area contributed by atoms with Crippen LogP contribution in [0.2, 0.25) is 0 Å². The summed E-state index contributed by atoms with van der Waals surface area (Å²) in [5.74, 6) is -0.245. The molecule has 9 heteroatoms. The molecule has 1 aromatic carbocycles. The number of nitrogens with zero attached hydrogens (tertiary/aromatic N) is 3. The number of anilines is 1. The Morgan fingerprint density at radius 2 is 2.25 bits per heavy atom. The van der Waals surface area contributed by atoms with Gasteiger partial charge in [0.2, 0.25) is 11.7 Å². The van der Waals surface area contributed by atoms with Crippen molar-refractivity contribution in [3.63, 3.8) is 0 Å². The van der Waals surface area contributed by atoms with Crippen molar-refractivity contribution >= 4 is 28.9 Å². The van der Waals surface area contributed by atoms with E-state index in [-0.39, 0.29) is 12.8 Å². The van der Waals surface area contributed by atoms with Gasteiger partial charge in [-0.15, -0.1) is 0 Å². The fraction of sp³-hybridized carbons (Fsp3) is 0.211. The predicted molar refractivity (Wildman–Crippen MR) is 101 cm³/mol. The SMILES string of the molecule is C[C@H](OC(=O)CCc1nc(-c2ccsc2)no1)C(=O)Nc1cccc(C#N)c1. The number of carbonyl (C=O) groups excluding carboxylic acids is 2. The number of rotatable bonds is 7. The van der Waals surface area contributed by atoms with Crippen molar-refractivity contribution in [3.8, 4) is 17.5 Å². The summed E-state index contributed by atoms with van der Waals surface area (Å²) in [6.45, 7) is 1.47. The minimum Gasteiger partial charge on any atom is -0.453 e. The van der Waals surface area contributed by atoms with Gasteiger partial charge in [0.15, 0.2) is 6.10 Å². The van der Waals surface area contributed by atoms with Gasteiger partial charge in [0, 0.05) is 23.1 Å². The van der Waals surface area contributed by atoms with E-state index in [1.807, 2.05) is 22.9 Å². The summed E-state index contributed by atoms with van der Waals surface area (Å²) in [6, 6.07) is 10.3. The lowest BCUT2D eigenvalue weighted by Gasteiger charge is -2.13. The average molecular weight is 396 g/mol. The maximum atomic E-state index is 12.1. The van der Waals surface area contributed by atoms with Crippen LogP contribution < -0.4 is 5.32 Å². The second kappa shape index (κ2) is 8.92. The Morgan fingerprint density at radius 1 is 1.39 bits per heavy atom. The van der Waals surface area contributed by atoms with Crippen molar-refractivity contribution in [1.82, 2.24) is 10.1 Å². The molecule has 0 aliphatic rings. The molecule has 142 valence electrons. The van der Waals surface area contributed by atoms with Crippen molar-refractivity contribution in [2.75, 3.05) is 5.32 Å². The van der Waals surface area contributed by atoms with E-state index in [0.29, 0.717) is 23.0 Å². The molecule has 28 heavy (non-hydrogen) atoms. The third-order valence-electron chi connectivity index (χ3n) is 3.73. The Morgan fingerprint density at radius 3 is 3.00 bits per heavy atom. The number of benzene rings is 1. The maximum absolute atomic E-state index is 12.1. The molecule has 2 heterocycles. The Hall–Kier alpha value is -3.51. The van der Waals surface area contributed by atoms with Gasteiger partial charge in [-0.3, -0.25) is 9.59 Å². The third kappa shape index (κ3) is 5.02. The highest BCUT2D eigenvalue weighted by molar-refractivity contribution is 7.08.